The summed E-state index contributed by atoms with van der Waals surface area (Å²) >= 11 is 1.31. The van der Waals surface area contributed by atoms with E-state index in [1.54, 1.807) is 0 Å². The van der Waals surface area contributed by atoms with Crippen molar-refractivity contribution < 1.29 is 4.74 Å². The monoisotopic (exact) mass is 491 g/mol. The van der Waals surface area contributed by atoms with Crippen LogP contribution in [0.4, 0.5) is 0 Å². The average molecular weight is 492 g/mol. The molecule has 0 unspecified atom stereocenters. The number of rotatable bonds is 6. The van der Waals surface area contributed by atoms with E-state index in [2.05, 4.69) is 10.1 Å². The van der Waals surface area contributed by atoms with Crippen molar-refractivity contribution in [2.75, 3.05) is 6.61 Å². The maximum Gasteiger partial charge on any atom is 0.291 e. The van der Waals surface area contributed by atoms with Crippen LogP contribution in [0.3, 0.4) is 0 Å². The summed E-state index contributed by atoms with van der Waals surface area (Å²) in [4.78, 5) is 18.4. The molecule has 0 aliphatic rings. The molecule has 176 valence electrons. The zero-order chi connectivity index (χ0) is 24.5. The van der Waals surface area contributed by atoms with E-state index < -0.39 is 0 Å². The van der Waals surface area contributed by atoms with Gasteiger partial charge in [-0.05, 0) is 49.4 Å². The Morgan fingerprint density at radius 3 is 2.31 bits per heavy atom. The first-order valence-corrected chi connectivity index (χ1v) is 12.4. The van der Waals surface area contributed by atoms with Gasteiger partial charge in [0, 0.05) is 22.9 Å². The van der Waals surface area contributed by atoms with Gasteiger partial charge in [0.05, 0.1) is 22.5 Å². The van der Waals surface area contributed by atoms with Crippen LogP contribution < -0.4 is 14.8 Å². The second kappa shape index (κ2) is 9.24. The van der Waals surface area contributed by atoms with Crippen LogP contribution in [0.5, 0.6) is 5.75 Å². The van der Waals surface area contributed by atoms with Crippen LogP contribution in [0.15, 0.2) is 95.9 Å². The number of thiazole rings is 1. The molecule has 6 rings (SSSR count). The Kier molecular flexibility index (Phi) is 5.63. The molecule has 0 spiro atoms. The van der Waals surface area contributed by atoms with Gasteiger partial charge in [-0.3, -0.25) is 4.79 Å². The van der Waals surface area contributed by atoms with Crippen LogP contribution in [0.25, 0.3) is 39.4 Å². The highest BCUT2D eigenvalue weighted by molar-refractivity contribution is 7.15. The van der Waals surface area contributed by atoms with Crippen molar-refractivity contribution in [3.05, 3.63) is 112 Å². The number of ether oxygens (including phenoxy) is 1. The van der Waals surface area contributed by atoms with E-state index in [1.165, 1.54) is 15.9 Å². The quantitative estimate of drug-likeness (QED) is 0.340. The van der Waals surface area contributed by atoms with Crippen molar-refractivity contribution in [3.8, 4) is 34.1 Å². The lowest BCUT2D eigenvalue weighted by Crippen LogP contribution is -2.23. The maximum atomic E-state index is 13.2. The van der Waals surface area contributed by atoms with Gasteiger partial charge >= 0.3 is 0 Å². The Hall–Kier alpha value is -4.56. The number of nitrogens with zero attached hydrogens (tertiary/aromatic N) is 5. The Bertz CT molecular complexity index is 1750. The van der Waals surface area contributed by atoms with Gasteiger partial charge in [-0.1, -0.05) is 59.9 Å². The van der Waals surface area contributed by atoms with Crippen LogP contribution in [0.1, 0.15) is 12.5 Å². The van der Waals surface area contributed by atoms with Crippen molar-refractivity contribution in [3.63, 3.8) is 0 Å². The summed E-state index contributed by atoms with van der Waals surface area (Å²) in [6, 6.07) is 27.4. The lowest BCUT2D eigenvalue weighted by Gasteiger charge is -2.02. The van der Waals surface area contributed by atoms with E-state index >= 15 is 0 Å². The predicted molar refractivity (Wildman–Crippen MR) is 142 cm³/mol. The molecular formula is C28H21N5O2S. The Morgan fingerprint density at radius 2 is 1.61 bits per heavy atom. The number of benzene rings is 3. The standard InChI is InChI=1S/C28H21N5O2S/c1-2-35-23-15-13-20(14-16-23)26-29-28-33(31-26)27(34)24(36-28)17-21-18-32(22-11-7-4-8-12-22)30-25(21)19-9-5-3-6-10-19/h3-18H,2H2,1H3/b24-17-. The van der Waals surface area contributed by atoms with Crippen LogP contribution >= 0.6 is 11.3 Å². The van der Waals surface area contributed by atoms with E-state index in [-0.39, 0.29) is 5.56 Å². The number of fused-ring (bicyclic) bond motifs is 1. The Morgan fingerprint density at radius 1 is 0.889 bits per heavy atom. The molecule has 0 fully saturated rings. The highest BCUT2D eigenvalue weighted by atomic mass is 32.1. The van der Waals surface area contributed by atoms with Crippen LogP contribution in [0.2, 0.25) is 0 Å². The molecule has 36 heavy (non-hydrogen) atoms. The number of aromatic nitrogens is 5. The fourth-order valence-electron chi connectivity index (χ4n) is 3.99. The summed E-state index contributed by atoms with van der Waals surface area (Å²) in [6.45, 7) is 2.55. The molecule has 0 atom stereocenters. The van der Waals surface area contributed by atoms with E-state index in [1.807, 2.05) is 109 Å². The van der Waals surface area contributed by atoms with Gasteiger partial charge in [-0.25, -0.2) is 4.68 Å². The summed E-state index contributed by atoms with van der Waals surface area (Å²) in [5.74, 6) is 1.30. The van der Waals surface area contributed by atoms with Crippen molar-refractivity contribution >= 4 is 22.4 Å². The average Bonchev–Trinajstić information content (AvgIpc) is 3.61. The van der Waals surface area contributed by atoms with E-state index in [0.29, 0.717) is 21.9 Å². The molecule has 3 heterocycles. The van der Waals surface area contributed by atoms with Gasteiger partial charge in [0.1, 0.15) is 5.75 Å². The second-order valence-electron chi connectivity index (χ2n) is 8.08. The molecule has 0 aliphatic heterocycles. The molecule has 6 aromatic rings. The molecular weight excluding hydrogens is 470 g/mol. The second-order valence-corrected chi connectivity index (χ2v) is 9.09. The van der Waals surface area contributed by atoms with E-state index in [0.717, 1.165) is 33.8 Å². The first-order valence-electron chi connectivity index (χ1n) is 11.5. The molecule has 0 N–H and O–H groups in total. The van der Waals surface area contributed by atoms with Crippen LogP contribution in [-0.4, -0.2) is 31.0 Å². The lowest BCUT2D eigenvalue weighted by molar-refractivity contribution is 0.340. The van der Waals surface area contributed by atoms with Gasteiger partial charge in [-0.2, -0.15) is 14.6 Å². The minimum absolute atomic E-state index is 0.203. The predicted octanol–water partition coefficient (Wildman–Crippen LogP) is 4.62. The summed E-state index contributed by atoms with van der Waals surface area (Å²) in [6.07, 6.45) is 3.81. The minimum Gasteiger partial charge on any atom is -0.494 e. The molecule has 0 radical (unpaired) electrons. The summed E-state index contributed by atoms with van der Waals surface area (Å²) in [5.41, 5.74) is 4.19. The van der Waals surface area contributed by atoms with Crippen molar-refractivity contribution in [2.24, 2.45) is 0 Å². The molecule has 3 aromatic carbocycles. The van der Waals surface area contributed by atoms with Gasteiger partial charge in [0.2, 0.25) is 4.96 Å². The third-order valence-electron chi connectivity index (χ3n) is 5.70. The van der Waals surface area contributed by atoms with Gasteiger partial charge in [0.25, 0.3) is 5.56 Å². The number of hydrogen-bond donors (Lipinski definition) is 0. The smallest absolute Gasteiger partial charge is 0.291 e. The van der Waals surface area contributed by atoms with Crippen LogP contribution in [-0.2, 0) is 0 Å². The third-order valence-corrected chi connectivity index (χ3v) is 6.66. The fraction of sp³-hybridized carbons (Fsp3) is 0.0714. The molecule has 3 aromatic heterocycles. The Balaban J connectivity index is 1.43. The topological polar surface area (TPSA) is 74.3 Å². The van der Waals surface area contributed by atoms with Crippen molar-refractivity contribution in [2.45, 2.75) is 6.92 Å². The molecule has 7 nitrogen and oxygen atoms in total. The lowest BCUT2D eigenvalue weighted by atomic mass is 10.1. The summed E-state index contributed by atoms with van der Waals surface area (Å²) in [7, 11) is 0. The molecule has 8 heteroatoms. The molecule has 0 saturated heterocycles. The molecule has 0 bridgehead atoms. The number of para-hydroxylation sites is 1. The third kappa shape index (κ3) is 4.08. The summed E-state index contributed by atoms with van der Waals surface area (Å²) in [5, 5.41) is 9.31. The largest absolute Gasteiger partial charge is 0.494 e. The maximum absolute atomic E-state index is 13.2. The fourth-order valence-corrected chi connectivity index (χ4v) is 4.89. The van der Waals surface area contributed by atoms with Crippen LogP contribution in [0, 0.1) is 0 Å². The van der Waals surface area contributed by atoms with Crippen molar-refractivity contribution in [1.82, 2.24) is 24.4 Å². The molecule has 0 amide bonds. The van der Waals surface area contributed by atoms with E-state index in [4.69, 9.17) is 9.84 Å². The van der Waals surface area contributed by atoms with Gasteiger partial charge < -0.3 is 4.74 Å². The highest BCUT2D eigenvalue weighted by Gasteiger charge is 2.15. The van der Waals surface area contributed by atoms with Gasteiger partial charge in [-0.15, -0.1) is 5.10 Å². The number of hydrogen-bond acceptors (Lipinski definition) is 6. The first-order chi connectivity index (χ1) is 17.7. The zero-order valence-corrected chi connectivity index (χ0v) is 20.2. The Labute approximate surface area is 210 Å². The molecule has 0 aliphatic carbocycles. The zero-order valence-electron chi connectivity index (χ0n) is 19.4. The van der Waals surface area contributed by atoms with Gasteiger partial charge in [0.15, 0.2) is 5.82 Å². The minimum atomic E-state index is -0.203. The first kappa shape index (κ1) is 21.9. The summed E-state index contributed by atoms with van der Waals surface area (Å²) < 4.78 is 9.25. The normalized spacial score (nSPS) is 11.9. The SMILES string of the molecule is CCOc1ccc(-c2nc3s/c(=C\c4cn(-c5ccccc5)nc4-c4ccccc4)c(=O)n3n2)cc1. The molecule has 0 saturated carbocycles. The van der Waals surface area contributed by atoms with Crippen molar-refractivity contribution in [1.29, 1.82) is 0 Å². The van der Waals surface area contributed by atoms with E-state index in [9.17, 15) is 4.79 Å². The highest BCUT2D eigenvalue weighted by Crippen LogP contribution is 2.25.